The number of amides is 1. The van der Waals surface area contributed by atoms with Crippen LogP contribution in [0.25, 0.3) is 0 Å². The zero-order valence-corrected chi connectivity index (χ0v) is 11.7. The van der Waals surface area contributed by atoms with E-state index in [1.54, 1.807) is 36.0 Å². The number of benzene rings is 1. The molecule has 1 aromatic carbocycles. The summed E-state index contributed by atoms with van der Waals surface area (Å²) in [4.78, 5) is 11.6. The Morgan fingerprint density at radius 2 is 2.11 bits per heavy atom. The van der Waals surface area contributed by atoms with Gasteiger partial charge in [-0.2, -0.15) is 11.8 Å². The summed E-state index contributed by atoms with van der Waals surface area (Å²) in [5.74, 6) is 1.87. The molecule has 0 aliphatic rings. The van der Waals surface area contributed by atoms with Gasteiger partial charge in [0.2, 0.25) is 5.91 Å². The third-order valence-corrected chi connectivity index (χ3v) is 3.29. The Morgan fingerprint density at radius 3 is 2.78 bits per heavy atom. The van der Waals surface area contributed by atoms with Crippen LogP contribution in [0.2, 0.25) is 5.02 Å². The van der Waals surface area contributed by atoms with Gasteiger partial charge in [-0.25, -0.2) is 0 Å². The molecule has 0 bridgehead atoms. The molecule has 5 heteroatoms. The molecule has 0 saturated heterocycles. The number of nitrogens with one attached hydrogen (secondary N) is 2. The number of anilines is 1. The molecule has 0 saturated carbocycles. The summed E-state index contributed by atoms with van der Waals surface area (Å²) in [6.07, 6.45) is 1.87. The second kappa shape index (κ2) is 9.03. The van der Waals surface area contributed by atoms with Crippen molar-refractivity contribution >= 4 is 35.0 Å². The Balaban J connectivity index is 2.14. The van der Waals surface area contributed by atoms with Crippen LogP contribution >= 0.6 is 23.4 Å². The summed E-state index contributed by atoms with van der Waals surface area (Å²) in [6, 6.07) is 7.05. The lowest BCUT2D eigenvalue weighted by Gasteiger charge is -2.06. The number of rotatable bonds is 8. The SMILES string of the molecule is C=CCSCCNCC(=O)Nc1ccc(Cl)cc1. The maximum atomic E-state index is 11.6. The minimum Gasteiger partial charge on any atom is -0.325 e. The van der Waals surface area contributed by atoms with Crippen molar-refractivity contribution in [1.29, 1.82) is 0 Å². The van der Waals surface area contributed by atoms with Gasteiger partial charge in [0.15, 0.2) is 0 Å². The lowest BCUT2D eigenvalue weighted by molar-refractivity contribution is -0.115. The Kier molecular flexibility index (Phi) is 7.57. The first-order chi connectivity index (χ1) is 8.72. The van der Waals surface area contributed by atoms with Gasteiger partial charge in [-0.15, -0.1) is 6.58 Å². The van der Waals surface area contributed by atoms with Crippen LogP contribution < -0.4 is 10.6 Å². The minimum absolute atomic E-state index is 0.0500. The van der Waals surface area contributed by atoms with Gasteiger partial charge in [0.1, 0.15) is 0 Å². The molecule has 0 spiro atoms. The number of thioether (sulfide) groups is 1. The van der Waals surface area contributed by atoms with E-state index in [0.29, 0.717) is 11.6 Å². The number of hydrogen-bond acceptors (Lipinski definition) is 3. The molecule has 0 atom stereocenters. The van der Waals surface area contributed by atoms with Gasteiger partial charge in [0.05, 0.1) is 6.54 Å². The summed E-state index contributed by atoms with van der Waals surface area (Å²) in [5.41, 5.74) is 0.757. The Hall–Kier alpha value is -0.970. The fraction of sp³-hybridized carbons (Fsp3) is 0.308. The van der Waals surface area contributed by atoms with E-state index in [4.69, 9.17) is 11.6 Å². The Morgan fingerprint density at radius 1 is 1.39 bits per heavy atom. The third kappa shape index (κ3) is 6.69. The summed E-state index contributed by atoms with van der Waals surface area (Å²) >= 11 is 7.54. The molecule has 1 aromatic rings. The molecule has 0 aliphatic heterocycles. The molecule has 0 unspecified atom stereocenters. The van der Waals surface area contributed by atoms with Crippen molar-refractivity contribution in [3.05, 3.63) is 41.9 Å². The number of carbonyl (C=O) groups is 1. The maximum Gasteiger partial charge on any atom is 0.238 e. The van der Waals surface area contributed by atoms with E-state index < -0.39 is 0 Å². The molecule has 0 aromatic heterocycles. The van der Waals surface area contributed by atoms with Crippen LogP contribution in [0.3, 0.4) is 0 Å². The highest BCUT2D eigenvalue weighted by Gasteiger charge is 2.01. The molecule has 1 amide bonds. The highest BCUT2D eigenvalue weighted by molar-refractivity contribution is 7.99. The van der Waals surface area contributed by atoms with Crippen molar-refractivity contribution in [3.8, 4) is 0 Å². The summed E-state index contributed by atoms with van der Waals surface area (Å²) < 4.78 is 0. The summed E-state index contributed by atoms with van der Waals surface area (Å²) in [7, 11) is 0. The third-order valence-electron chi connectivity index (χ3n) is 2.07. The zero-order valence-electron chi connectivity index (χ0n) is 10.1. The van der Waals surface area contributed by atoms with Gasteiger partial charge < -0.3 is 10.6 Å². The van der Waals surface area contributed by atoms with E-state index in [0.717, 1.165) is 23.7 Å². The standard InChI is InChI=1S/C13H17ClN2OS/c1-2-8-18-9-7-15-10-13(17)16-12-5-3-11(14)4-6-12/h2-6,15H,1,7-10H2,(H,16,17). The highest BCUT2D eigenvalue weighted by atomic mass is 35.5. The van der Waals surface area contributed by atoms with E-state index in [1.165, 1.54) is 0 Å². The van der Waals surface area contributed by atoms with Crippen LogP contribution in [0.4, 0.5) is 5.69 Å². The van der Waals surface area contributed by atoms with Crippen molar-refractivity contribution in [2.24, 2.45) is 0 Å². The fourth-order valence-corrected chi connectivity index (χ4v) is 2.00. The molecule has 0 heterocycles. The smallest absolute Gasteiger partial charge is 0.238 e. The van der Waals surface area contributed by atoms with Gasteiger partial charge in [-0.05, 0) is 24.3 Å². The first-order valence-corrected chi connectivity index (χ1v) is 7.20. The van der Waals surface area contributed by atoms with Gasteiger partial charge in [-0.1, -0.05) is 17.7 Å². The monoisotopic (exact) mass is 284 g/mol. The molecular formula is C13H17ClN2OS. The van der Waals surface area contributed by atoms with E-state index in [2.05, 4.69) is 17.2 Å². The molecule has 0 fully saturated rings. The van der Waals surface area contributed by atoms with Gasteiger partial charge in [0.25, 0.3) is 0 Å². The van der Waals surface area contributed by atoms with Crippen LogP contribution in [0, 0.1) is 0 Å². The topological polar surface area (TPSA) is 41.1 Å². The zero-order chi connectivity index (χ0) is 13.2. The van der Waals surface area contributed by atoms with E-state index in [1.807, 2.05) is 6.08 Å². The van der Waals surface area contributed by atoms with Crippen LogP contribution in [0.5, 0.6) is 0 Å². The summed E-state index contributed by atoms with van der Waals surface area (Å²) in [6.45, 7) is 4.77. The molecule has 0 radical (unpaired) electrons. The van der Waals surface area contributed by atoms with Crippen molar-refractivity contribution in [1.82, 2.24) is 5.32 Å². The van der Waals surface area contributed by atoms with E-state index in [-0.39, 0.29) is 5.91 Å². The first kappa shape index (κ1) is 15.1. The molecule has 3 nitrogen and oxygen atoms in total. The molecule has 98 valence electrons. The van der Waals surface area contributed by atoms with E-state index >= 15 is 0 Å². The Labute approximate surface area is 117 Å². The molecule has 1 rings (SSSR count). The minimum atomic E-state index is -0.0500. The fourth-order valence-electron chi connectivity index (χ4n) is 1.25. The van der Waals surface area contributed by atoms with Gasteiger partial charge in [-0.3, -0.25) is 4.79 Å². The van der Waals surface area contributed by atoms with Crippen LogP contribution in [-0.2, 0) is 4.79 Å². The van der Waals surface area contributed by atoms with Crippen molar-refractivity contribution < 1.29 is 4.79 Å². The highest BCUT2D eigenvalue weighted by Crippen LogP contribution is 2.12. The van der Waals surface area contributed by atoms with Crippen molar-refractivity contribution in [3.63, 3.8) is 0 Å². The Bertz CT molecular complexity index is 381. The molecule has 2 N–H and O–H groups in total. The second-order valence-corrected chi connectivity index (χ2v) is 5.18. The second-order valence-electron chi connectivity index (χ2n) is 3.60. The molecule has 18 heavy (non-hydrogen) atoms. The van der Waals surface area contributed by atoms with Crippen molar-refractivity contribution in [2.45, 2.75) is 0 Å². The summed E-state index contributed by atoms with van der Waals surface area (Å²) in [5, 5.41) is 6.53. The average Bonchev–Trinajstić information content (AvgIpc) is 2.36. The van der Waals surface area contributed by atoms with Gasteiger partial charge in [0, 0.05) is 28.8 Å². The largest absolute Gasteiger partial charge is 0.325 e. The van der Waals surface area contributed by atoms with Crippen LogP contribution in [0.1, 0.15) is 0 Å². The lowest BCUT2D eigenvalue weighted by atomic mass is 10.3. The lowest BCUT2D eigenvalue weighted by Crippen LogP contribution is -2.29. The predicted molar refractivity (Wildman–Crippen MR) is 80.5 cm³/mol. The number of carbonyl (C=O) groups excluding carboxylic acids is 1. The normalized spacial score (nSPS) is 10.1. The predicted octanol–water partition coefficient (Wildman–Crippen LogP) is 2.79. The van der Waals surface area contributed by atoms with Crippen LogP contribution in [-0.4, -0.2) is 30.5 Å². The quantitative estimate of drug-likeness (QED) is 0.570. The van der Waals surface area contributed by atoms with E-state index in [9.17, 15) is 4.79 Å². The average molecular weight is 285 g/mol. The number of halogens is 1. The maximum absolute atomic E-state index is 11.6. The first-order valence-electron chi connectivity index (χ1n) is 5.67. The number of hydrogen-bond donors (Lipinski definition) is 2. The van der Waals surface area contributed by atoms with Gasteiger partial charge >= 0.3 is 0 Å². The molecule has 0 aliphatic carbocycles. The van der Waals surface area contributed by atoms with Crippen molar-refractivity contribution in [2.75, 3.05) is 29.9 Å². The molecular weight excluding hydrogens is 268 g/mol. The van der Waals surface area contributed by atoms with Crippen LogP contribution in [0.15, 0.2) is 36.9 Å².